The number of ether oxygens (including phenoxy) is 1. The molecule has 38 heavy (non-hydrogen) atoms. The smallest absolute Gasteiger partial charge is 0.408 e. The van der Waals surface area contributed by atoms with Crippen LogP contribution in [0.15, 0.2) is 24.3 Å². The molecular formula is C30H47N3O5. The number of nitrogens with one attached hydrogen (secondary N) is 2. The van der Waals surface area contributed by atoms with Crippen LogP contribution in [0.25, 0.3) is 0 Å². The second-order valence-electron chi connectivity index (χ2n) is 10.7. The topological polar surface area (TPSA) is 108 Å². The summed E-state index contributed by atoms with van der Waals surface area (Å²) in [6.45, 7) is 10.8. The molecule has 0 spiro atoms. The van der Waals surface area contributed by atoms with Crippen molar-refractivity contribution in [3.63, 3.8) is 0 Å². The van der Waals surface area contributed by atoms with Crippen molar-refractivity contribution in [1.82, 2.24) is 15.5 Å². The Morgan fingerprint density at radius 3 is 2.29 bits per heavy atom. The van der Waals surface area contributed by atoms with E-state index in [2.05, 4.69) is 23.5 Å². The summed E-state index contributed by atoms with van der Waals surface area (Å²) >= 11 is 0. The van der Waals surface area contributed by atoms with Gasteiger partial charge in [0.05, 0.1) is 6.61 Å². The Balaban J connectivity index is 3.47. The van der Waals surface area contributed by atoms with Gasteiger partial charge in [0.1, 0.15) is 17.7 Å². The number of carbonyl (C=O) groups excluding carboxylic acids is 3. The van der Waals surface area contributed by atoms with Crippen molar-refractivity contribution >= 4 is 17.9 Å². The lowest BCUT2D eigenvalue weighted by Gasteiger charge is -2.35. The predicted octanol–water partition coefficient (Wildman–Crippen LogP) is 4.70. The van der Waals surface area contributed by atoms with Gasteiger partial charge in [-0.15, -0.1) is 6.42 Å². The first-order valence-electron chi connectivity index (χ1n) is 13.8. The van der Waals surface area contributed by atoms with Crippen LogP contribution in [0.1, 0.15) is 104 Å². The second-order valence-corrected chi connectivity index (χ2v) is 10.7. The summed E-state index contributed by atoms with van der Waals surface area (Å²) in [6, 6.07) is 4.61. The fraction of sp³-hybridized carbons (Fsp3) is 0.633. The molecule has 3 N–H and O–H groups in total. The van der Waals surface area contributed by atoms with Crippen LogP contribution in [-0.4, -0.2) is 58.8 Å². The summed E-state index contributed by atoms with van der Waals surface area (Å²) in [5.41, 5.74) is 0.239. The third kappa shape index (κ3) is 11.1. The number of hydrogen-bond acceptors (Lipinski definition) is 5. The van der Waals surface area contributed by atoms with Gasteiger partial charge in [0.15, 0.2) is 0 Å². The maximum atomic E-state index is 13.9. The van der Waals surface area contributed by atoms with E-state index < -0.39 is 36.3 Å². The molecule has 0 saturated heterocycles. The van der Waals surface area contributed by atoms with Crippen molar-refractivity contribution in [2.75, 3.05) is 13.2 Å². The maximum Gasteiger partial charge on any atom is 0.408 e. The molecule has 1 aromatic rings. The van der Waals surface area contributed by atoms with E-state index in [1.165, 1.54) is 4.90 Å². The molecule has 212 valence electrons. The molecule has 0 bridgehead atoms. The van der Waals surface area contributed by atoms with Crippen LogP contribution >= 0.6 is 0 Å². The largest absolute Gasteiger partial charge is 0.444 e. The molecule has 0 heterocycles. The number of benzene rings is 1. The van der Waals surface area contributed by atoms with Crippen LogP contribution in [0, 0.1) is 12.3 Å². The van der Waals surface area contributed by atoms with Gasteiger partial charge in [-0.25, -0.2) is 4.79 Å². The van der Waals surface area contributed by atoms with E-state index in [0.717, 1.165) is 38.5 Å². The molecule has 0 radical (unpaired) electrons. The van der Waals surface area contributed by atoms with Crippen molar-refractivity contribution in [3.05, 3.63) is 35.4 Å². The van der Waals surface area contributed by atoms with Gasteiger partial charge in [0.25, 0.3) is 0 Å². The van der Waals surface area contributed by atoms with Gasteiger partial charge in [0, 0.05) is 18.2 Å². The van der Waals surface area contributed by atoms with Crippen molar-refractivity contribution in [1.29, 1.82) is 0 Å². The van der Waals surface area contributed by atoms with Gasteiger partial charge < -0.3 is 25.4 Å². The fourth-order valence-electron chi connectivity index (χ4n) is 4.23. The zero-order valence-corrected chi connectivity index (χ0v) is 24.0. The summed E-state index contributed by atoms with van der Waals surface area (Å²) in [7, 11) is 0. The molecule has 0 aliphatic heterocycles. The predicted molar refractivity (Wildman–Crippen MR) is 150 cm³/mol. The quantitative estimate of drug-likeness (QED) is 0.226. The molecule has 8 heteroatoms. The van der Waals surface area contributed by atoms with Crippen molar-refractivity contribution in [3.8, 4) is 12.3 Å². The van der Waals surface area contributed by atoms with Gasteiger partial charge in [-0.2, -0.15) is 0 Å². The number of aliphatic hydroxyl groups excluding tert-OH is 1. The highest BCUT2D eigenvalue weighted by Gasteiger charge is 2.37. The minimum atomic E-state index is -1.29. The van der Waals surface area contributed by atoms with Gasteiger partial charge in [-0.3, -0.25) is 9.59 Å². The molecule has 3 amide bonds. The summed E-state index contributed by atoms with van der Waals surface area (Å²) in [5, 5.41) is 15.6. The standard InChI is InChI=1S/C30H47N3O5/c1-8-11-12-13-16-20-33(28(36)25(21-34)32-29(37)38-30(5,6)7)26(27(35)31-22(4)17-9-2)24-19-15-14-18-23(24)10-3/h3,14-15,18-19,22,25-26,34H,8-9,11-13,16-17,20-21H2,1-2,4-7H3,(H,31,35)(H,32,37). The normalized spacial score (nSPS) is 13.5. The molecule has 1 rings (SSSR count). The number of hydrogen-bond donors (Lipinski definition) is 3. The molecule has 8 nitrogen and oxygen atoms in total. The SMILES string of the molecule is C#Cc1ccccc1C(C(=O)NC(C)CCC)N(CCCCCCC)C(=O)C(CO)NC(=O)OC(C)(C)C. The van der Waals surface area contributed by atoms with Crippen LogP contribution < -0.4 is 10.6 Å². The Hall–Kier alpha value is -3.05. The number of unbranched alkanes of at least 4 members (excludes halogenated alkanes) is 4. The monoisotopic (exact) mass is 529 g/mol. The van der Waals surface area contributed by atoms with E-state index in [1.807, 2.05) is 13.8 Å². The molecule has 0 fully saturated rings. The summed E-state index contributed by atoms with van der Waals surface area (Å²) in [5.74, 6) is 1.69. The third-order valence-corrected chi connectivity index (χ3v) is 6.04. The van der Waals surface area contributed by atoms with Crippen molar-refractivity contribution in [2.24, 2.45) is 0 Å². The summed E-state index contributed by atoms with van der Waals surface area (Å²) in [6.07, 6.45) is 11.3. The third-order valence-electron chi connectivity index (χ3n) is 6.04. The molecule has 0 aromatic heterocycles. The Bertz CT molecular complexity index is 935. The lowest BCUT2D eigenvalue weighted by molar-refractivity contribution is -0.143. The zero-order valence-electron chi connectivity index (χ0n) is 24.0. The van der Waals surface area contributed by atoms with Crippen LogP contribution in [0.4, 0.5) is 4.79 Å². The number of amides is 3. The lowest BCUT2D eigenvalue weighted by atomic mass is 9.96. The highest BCUT2D eigenvalue weighted by molar-refractivity contribution is 5.92. The maximum absolute atomic E-state index is 13.9. The fourth-order valence-corrected chi connectivity index (χ4v) is 4.23. The highest BCUT2D eigenvalue weighted by Crippen LogP contribution is 2.27. The Morgan fingerprint density at radius 2 is 1.71 bits per heavy atom. The Kier molecular flexibility index (Phi) is 14.5. The average molecular weight is 530 g/mol. The average Bonchev–Trinajstić information content (AvgIpc) is 2.85. The summed E-state index contributed by atoms with van der Waals surface area (Å²) < 4.78 is 5.30. The van der Waals surface area contributed by atoms with E-state index in [4.69, 9.17) is 11.2 Å². The van der Waals surface area contributed by atoms with Gasteiger partial charge in [-0.1, -0.05) is 70.1 Å². The summed E-state index contributed by atoms with van der Waals surface area (Å²) in [4.78, 5) is 41.5. The number of carbonyl (C=O) groups is 3. The zero-order chi connectivity index (χ0) is 28.7. The molecule has 0 saturated carbocycles. The van der Waals surface area contributed by atoms with E-state index in [9.17, 15) is 19.5 Å². The van der Waals surface area contributed by atoms with E-state index >= 15 is 0 Å². The van der Waals surface area contributed by atoms with Crippen LogP contribution in [0.3, 0.4) is 0 Å². The first-order valence-corrected chi connectivity index (χ1v) is 13.8. The van der Waals surface area contributed by atoms with Crippen molar-refractivity contribution < 1.29 is 24.2 Å². The Labute approximate surface area is 228 Å². The van der Waals surface area contributed by atoms with E-state index in [-0.39, 0.29) is 18.5 Å². The minimum absolute atomic E-state index is 0.108. The van der Waals surface area contributed by atoms with Crippen molar-refractivity contribution in [2.45, 2.75) is 110 Å². The number of nitrogens with zero attached hydrogens (tertiary/aromatic N) is 1. The van der Waals surface area contributed by atoms with Crippen LogP contribution in [0.2, 0.25) is 0 Å². The Morgan fingerprint density at radius 1 is 1.05 bits per heavy atom. The number of terminal acetylenes is 1. The van der Waals surface area contributed by atoms with Gasteiger partial charge in [-0.05, 0) is 52.2 Å². The van der Waals surface area contributed by atoms with Gasteiger partial charge in [0.2, 0.25) is 11.8 Å². The lowest BCUT2D eigenvalue weighted by Crippen LogP contribution is -2.55. The number of aliphatic hydroxyl groups is 1. The number of rotatable bonds is 15. The molecular weight excluding hydrogens is 482 g/mol. The van der Waals surface area contributed by atoms with E-state index in [0.29, 0.717) is 17.5 Å². The first kappa shape index (κ1) is 33.0. The number of alkyl carbamates (subject to hydrolysis) is 1. The van der Waals surface area contributed by atoms with Crippen LogP contribution in [-0.2, 0) is 14.3 Å². The van der Waals surface area contributed by atoms with Gasteiger partial charge >= 0.3 is 6.09 Å². The molecule has 3 unspecified atom stereocenters. The molecule has 0 aliphatic carbocycles. The second kappa shape index (κ2) is 16.7. The molecule has 0 aliphatic rings. The van der Waals surface area contributed by atoms with E-state index in [1.54, 1.807) is 45.0 Å². The molecule has 1 aromatic carbocycles. The van der Waals surface area contributed by atoms with Crippen LogP contribution in [0.5, 0.6) is 0 Å². The minimum Gasteiger partial charge on any atom is -0.444 e. The highest BCUT2D eigenvalue weighted by atomic mass is 16.6. The molecule has 3 atom stereocenters. The first-order chi connectivity index (χ1) is 18.0.